The molecule has 0 amide bonds. The fourth-order valence-electron chi connectivity index (χ4n) is 9.66. The molecule has 5 nitrogen and oxygen atoms in total. The van der Waals surface area contributed by atoms with Gasteiger partial charge < -0.3 is 8.98 Å². The van der Waals surface area contributed by atoms with Crippen LogP contribution in [0.2, 0.25) is 0 Å². The van der Waals surface area contributed by atoms with Crippen molar-refractivity contribution in [3.05, 3.63) is 243 Å². The first-order valence-electron chi connectivity index (χ1n) is 22.9. The fourth-order valence-corrected chi connectivity index (χ4v) is 9.66. The number of hydrogen-bond acceptors (Lipinski definition) is 4. The number of hydrogen-bond donors (Lipinski definition) is 0. The van der Waals surface area contributed by atoms with Gasteiger partial charge in [0.1, 0.15) is 11.2 Å². The van der Waals surface area contributed by atoms with Gasteiger partial charge in [-0.3, -0.25) is 0 Å². The second kappa shape index (κ2) is 16.4. The van der Waals surface area contributed by atoms with E-state index in [2.05, 4.69) is 235 Å². The average Bonchev–Trinajstić information content (AvgIpc) is 3.96. The predicted molar refractivity (Wildman–Crippen MR) is 279 cm³/mol. The minimum Gasteiger partial charge on any atom is -0.455 e. The lowest BCUT2D eigenvalue weighted by molar-refractivity contribution is 0.670. The monoisotopic (exact) mass is 868 g/mol. The molecule has 3 aromatic heterocycles. The number of benzene rings is 10. The Bertz CT molecular complexity index is 3870. The molecule has 0 saturated heterocycles. The second-order valence-corrected chi connectivity index (χ2v) is 17.2. The van der Waals surface area contributed by atoms with Gasteiger partial charge in [0.15, 0.2) is 17.5 Å². The number of furan rings is 1. The molecule has 0 unspecified atom stereocenters. The molecular weight excluding hydrogens is 829 g/mol. The van der Waals surface area contributed by atoms with Crippen molar-refractivity contribution in [2.45, 2.75) is 0 Å². The topological polar surface area (TPSA) is 56.7 Å². The van der Waals surface area contributed by atoms with Crippen LogP contribution in [-0.2, 0) is 0 Å². The summed E-state index contributed by atoms with van der Waals surface area (Å²) in [5, 5.41) is 4.29. The lowest BCUT2D eigenvalue weighted by Gasteiger charge is -2.11. The van der Waals surface area contributed by atoms with Crippen LogP contribution in [0.4, 0.5) is 0 Å². The number of rotatable bonds is 8. The molecule has 0 bridgehead atoms. The quantitative estimate of drug-likeness (QED) is 0.153. The van der Waals surface area contributed by atoms with E-state index in [1.807, 2.05) is 12.1 Å². The zero-order valence-electron chi connectivity index (χ0n) is 36.8. The van der Waals surface area contributed by atoms with E-state index < -0.39 is 0 Å². The molecule has 0 spiro atoms. The van der Waals surface area contributed by atoms with Crippen molar-refractivity contribution >= 4 is 43.7 Å². The first-order valence-corrected chi connectivity index (χ1v) is 22.9. The van der Waals surface area contributed by atoms with E-state index in [1.54, 1.807) is 0 Å². The minimum absolute atomic E-state index is 0.544. The average molecular weight is 869 g/mol. The predicted octanol–water partition coefficient (Wildman–Crippen LogP) is 16.5. The van der Waals surface area contributed by atoms with E-state index in [-0.39, 0.29) is 0 Å². The van der Waals surface area contributed by atoms with Crippen molar-refractivity contribution in [2.75, 3.05) is 0 Å². The minimum atomic E-state index is 0.544. The van der Waals surface area contributed by atoms with E-state index in [0.717, 1.165) is 93.9 Å². The number of fused-ring (bicyclic) bond motifs is 6. The first kappa shape index (κ1) is 39.2. The standard InChI is InChI=1S/C63H40N4O/c1-4-14-41(15-5-1)44-26-28-47(29-27-44)50-20-12-21-51(38-50)67-57-25-11-10-22-52(57)55-40-59-56(39-58(55)67)53-23-13-24-54(60(53)68-59)63-65-61(48-34-30-45(31-35-48)42-16-6-2-7-17-42)64-62(66-63)49-36-32-46(33-37-49)43-18-8-3-9-19-43/h1-40H. The second-order valence-electron chi connectivity index (χ2n) is 17.2. The maximum absolute atomic E-state index is 6.94. The summed E-state index contributed by atoms with van der Waals surface area (Å²) in [5.41, 5.74) is 16.8. The van der Waals surface area contributed by atoms with Gasteiger partial charge in [-0.2, -0.15) is 0 Å². The van der Waals surface area contributed by atoms with Gasteiger partial charge in [0.2, 0.25) is 0 Å². The Morgan fingerprint density at radius 3 is 1.29 bits per heavy atom. The van der Waals surface area contributed by atoms with Crippen molar-refractivity contribution in [2.24, 2.45) is 0 Å². The lowest BCUT2D eigenvalue weighted by atomic mass is 10.00. The maximum Gasteiger partial charge on any atom is 0.167 e. The van der Waals surface area contributed by atoms with Crippen LogP contribution in [0.15, 0.2) is 247 Å². The van der Waals surface area contributed by atoms with Crippen LogP contribution in [0.1, 0.15) is 0 Å². The highest BCUT2D eigenvalue weighted by molar-refractivity contribution is 6.18. The Morgan fingerprint density at radius 2 is 0.721 bits per heavy atom. The highest BCUT2D eigenvalue weighted by atomic mass is 16.3. The Morgan fingerprint density at radius 1 is 0.279 bits per heavy atom. The van der Waals surface area contributed by atoms with Gasteiger partial charge in [0, 0.05) is 38.4 Å². The highest BCUT2D eigenvalue weighted by Gasteiger charge is 2.21. The normalized spacial score (nSPS) is 11.5. The van der Waals surface area contributed by atoms with Gasteiger partial charge in [0.25, 0.3) is 0 Å². The fraction of sp³-hybridized carbons (Fsp3) is 0. The first-order chi connectivity index (χ1) is 33.7. The van der Waals surface area contributed by atoms with Crippen molar-refractivity contribution in [1.29, 1.82) is 0 Å². The summed E-state index contributed by atoms with van der Waals surface area (Å²) in [6.07, 6.45) is 0. The molecule has 0 N–H and O–H groups in total. The molecule has 0 fully saturated rings. The van der Waals surface area contributed by atoms with Gasteiger partial charge >= 0.3 is 0 Å². The summed E-state index contributed by atoms with van der Waals surface area (Å²) < 4.78 is 9.32. The molecule has 13 aromatic rings. The largest absolute Gasteiger partial charge is 0.455 e. The Labute approximate surface area is 392 Å². The summed E-state index contributed by atoms with van der Waals surface area (Å²) >= 11 is 0. The molecule has 13 rings (SSSR count). The Kier molecular flexibility index (Phi) is 9.43. The lowest BCUT2D eigenvalue weighted by Crippen LogP contribution is -2.00. The zero-order chi connectivity index (χ0) is 45.0. The number of para-hydroxylation sites is 2. The summed E-state index contributed by atoms with van der Waals surface area (Å²) in [4.78, 5) is 15.5. The van der Waals surface area contributed by atoms with Crippen LogP contribution in [0, 0.1) is 0 Å². The van der Waals surface area contributed by atoms with Crippen LogP contribution in [0.3, 0.4) is 0 Å². The molecule has 68 heavy (non-hydrogen) atoms. The molecule has 0 aliphatic rings. The van der Waals surface area contributed by atoms with E-state index in [9.17, 15) is 0 Å². The third-order valence-electron chi connectivity index (χ3n) is 13.1. The van der Waals surface area contributed by atoms with Gasteiger partial charge in [0.05, 0.1) is 16.6 Å². The van der Waals surface area contributed by atoms with Gasteiger partial charge in [-0.05, 0) is 80.9 Å². The van der Waals surface area contributed by atoms with Gasteiger partial charge in [-0.1, -0.05) is 206 Å². The molecule has 0 atom stereocenters. The van der Waals surface area contributed by atoms with Crippen molar-refractivity contribution in [1.82, 2.24) is 19.5 Å². The smallest absolute Gasteiger partial charge is 0.167 e. The van der Waals surface area contributed by atoms with Crippen molar-refractivity contribution < 1.29 is 4.42 Å². The molecule has 0 saturated carbocycles. The van der Waals surface area contributed by atoms with Gasteiger partial charge in [-0.25, -0.2) is 15.0 Å². The summed E-state index contributed by atoms with van der Waals surface area (Å²) in [7, 11) is 0. The molecule has 318 valence electrons. The molecule has 0 aliphatic carbocycles. The maximum atomic E-state index is 6.94. The van der Waals surface area contributed by atoms with Crippen LogP contribution < -0.4 is 0 Å². The Hall–Kier alpha value is -9.19. The molecule has 10 aromatic carbocycles. The van der Waals surface area contributed by atoms with Crippen LogP contribution in [0.5, 0.6) is 0 Å². The highest BCUT2D eigenvalue weighted by Crippen LogP contribution is 2.41. The van der Waals surface area contributed by atoms with Crippen molar-refractivity contribution in [3.8, 4) is 84.4 Å². The van der Waals surface area contributed by atoms with Gasteiger partial charge in [-0.15, -0.1) is 0 Å². The zero-order valence-corrected chi connectivity index (χ0v) is 36.8. The van der Waals surface area contributed by atoms with Crippen molar-refractivity contribution in [3.63, 3.8) is 0 Å². The van der Waals surface area contributed by atoms with E-state index in [0.29, 0.717) is 17.5 Å². The van der Waals surface area contributed by atoms with Crippen LogP contribution >= 0.6 is 0 Å². The number of aromatic nitrogens is 4. The molecule has 5 heteroatoms. The molecule has 0 radical (unpaired) electrons. The van der Waals surface area contributed by atoms with E-state index in [4.69, 9.17) is 19.4 Å². The third-order valence-corrected chi connectivity index (χ3v) is 13.1. The summed E-state index contributed by atoms with van der Waals surface area (Å²) in [6, 6.07) is 85.2. The van der Waals surface area contributed by atoms with Crippen LogP contribution in [0.25, 0.3) is 128 Å². The summed E-state index contributed by atoms with van der Waals surface area (Å²) in [6.45, 7) is 0. The van der Waals surface area contributed by atoms with Crippen LogP contribution in [-0.4, -0.2) is 19.5 Å². The Balaban J connectivity index is 0.940. The number of nitrogens with zero attached hydrogens (tertiary/aromatic N) is 4. The SMILES string of the molecule is c1ccc(-c2ccc(-c3cccc(-n4c5ccccc5c5cc6oc7c(-c8nc(-c9ccc(-c%10ccccc%10)cc9)nc(-c9ccc(-c%10ccccc%10)cc9)n8)cccc7c6cc54)c3)cc2)cc1. The molecular formula is C63H40N4O. The van der Waals surface area contributed by atoms with E-state index >= 15 is 0 Å². The van der Waals surface area contributed by atoms with E-state index in [1.165, 1.54) is 16.7 Å². The molecule has 3 heterocycles. The summed E-state index contributed by atoms with van der Waals surface area (Å²) in [5.74, 6) is 1.72. The molecule has 0 aliphatic heterocycles. The third kappa shape index (κ3) is 6.93.